The lowest BCUT2D eigenvalue weighted by atomic mass is 10.1. The van der Waals surface area contributed by atoms with Gasteiger partial charge in [0.25, 0.3) is 0 Å². The Morgan fingerprint density at radius 3 is 2.56 bits per heavy atom. The van der Waals surface area contributed by atoms with E-state index in [0.717, 1.165) is 11.1 Å². The second-order valence-corrected chi connectivity index (χ2v) is 6.80. The van der Waals surface area contributed by atoms with Gasteiger partial charge in [-0.15, -0.1) is 0 Å². The van der Waals surface area contributed by atoms with Crippen molar-refractivity contribution in [2.24, 2.45) is 5.73 Å². The second kappa shape index (κ2) is 6.20. The maximum Gasteiger partial charge on any atom is 0.157 e. The zero-order valence-electron chi connectivity index (χ0n) is 11.1. The van der Waals surface area contributed by atoms with Crippen molar-refractivity contribution in [3.05, 3.63) is 29.3 Å². The van der Waals surface area contributed by atoms with Crippen molar-refractivity contribution in [2.45, 2.75) is 37.8 Å². The van der Waals surface area contributed by atoms with Gasteiger partial charge >= 0.3 is 0 Å². The summed E-state index contributed by atoms with van der Waals surface area (Å²) >= 11 is 0. The summed E-state index contributed by atoms with van der Waals surface area (Å²) in [7, 11) is -1.54. The molecule has 0 aromatic heterocycles. The third-order valence-corrected chi connectivity index (χ3v) is 5.42. The van der Waals surface area contributed by atoms with Crippen LogP contribution in [0, 0.1) is 0 Å². The first-order chi connectivity index (χ1) is 8.44. The average molecular weight is 271 g/mol. The Kier molecular flexibility index (Phi) is 5.16. The van der Waals surface area contributed by atoms with E-state index in [0.29, 0.717) is 18.7 Å². The predicted molar refractivity (Wildman–Crippen MR) is 73.3 cm³/mol. The molecule has 0 amide bonds. The molecule has 0 saturated heterocycles. The molecule has 0 fully saturated rings. The minimum atomic E-state index is -3.09. The molecule has 0 radical (unpaired) electrons. The first kappa shape index (κ1) is 15.0. The summed E-state index contributed by atoms with van der Waals surface area (Å²) in [6, 6.07) is 5.37. The van der Waals surface area contributed by atoms with Crippen LogP contribution in [-0.4, -0.2) is 20.8 Å². The molecule has 0 aliphatic rings. The van der Waals surface area contributed by atoms with E-state index < -0.39 is 9.84 Å². The van der Waals surface area contributed by atoms with E-state index in [9.17, 15) is 8.42 Å². The molecule has 0 spiro atoms. The van der Waals surface area contributed by atoms with Gasteiger partial charge in [0, 0.05) is 12.1 Å². The van der Waals surface area contributed by atoms with Crippen LogP contribution in [0.25, 0.3) is 0 Å². The smallest absolute Gasteiger partial charge is 0.157 e. The summed E-state index contributed by atoms with van der Waals surface area (Å²) in [5, 5.41) is -0.322. The van der Waals surface area contributed by atoms with Crippen LogP contribution < -0.4 is 10.5 Å². The predicted octanol–water partition coefficient (Wildman–Crippen LogP) is 1.87. The van der Waals surface area contributed by atoms with Gasteiger partial charge in [0.15, 0.2) is 9.84 Å². The van der Waals surface area contributed by atoms with Crippen LogP contribution in [0.2, 0.25) is 0 Å². The van der Waals surface area contributed by atoms with Crippen LogP contribution in [0.15, 0.2) is 18.2 Å². The number of hydrogen-bond acceptors (Lipinski definition) is 4. The zero-order valence-corrected chi connectivity index (χ0v) is 12.0. The van der Waals surface area contributed by atoms with Crippen molar-refractivity contribution in [1.82, 2.24) is 0 Å². The fourth-order valence-corrected chi connectivity index (χ4v) is 3.11. The van der Waals surface area contributed by atoms with Crippen molar-refractivity contribution in [1.29, 1.82) is 0 Å². The largest absolute Gasteiger partial charge is 0.496 e. The van der Waals surface area contributed by atoms with Crippen molar-refractivity contribution >= 4 is 9.84 Å². The fraction of sp³-hybridized carbons (Fsp3) is 0.538. The first-order valence-corrected chi connectivity index (χ1v) is 7.73. The molecule has 1 aromatic rings. The number of nitrogens with two attached hydrogens (primary N) is 1. The number of methoxy groups -OCH3 is 1. The van der Waals surface area contributed by atoms with Crippen LogP contribution in [0.5, 0.6) is 5.75 Å². The van der Waals surface area contributed by atoms with Crippen molar-refractivity contribution in [3.63, 3.8) is 0 Å². The maximum absolute atomic E-state index is 12.0. The van der Waals surface area contributed by atoms with E-state index in [4.69, 9.17) is 10.5 Å². The van der Waals surface area contributed by atoms with E-state index in [1.165, 1.54) is 0 Å². The third kappa shape index (κ3) is 3.46. The van der Waals surface area contributed by atoms with E-state index in [1.54, 1.807) is 26.2 Å². The molecular formula is C13H21NO3S. The number of sulfone groups is 1. The van der Waals surface area contributed by atoms with Crippen molar-refractivity contribution in [3.8, 4) is 5.75 Å². The molecule has 1 rings (SSSR count). The Hall–Kier alpha value is -1.07. The second-order valence-electron chi connectivity index (χ2n) is 4.38. The molecule has 5 heteroatoms. The number of ether oxygens (including phenoxy) is 1. The molecule has 102 valence electrons. The van der Waals surface area contributed by atoms with Gasteiger partial charge in [-0.05, 0) is 25.0 Å². The summed E-state index contributed by atoms with van der Waals surface area (Å²) in [5.41, 5.74) is 7.19. The lowest BCUT2D eigenvalue weighted by Gasteiger charge is -2.12. The molecule has 18 heavy (non-hydrogen) atoms. The molecule has 1 aromatic carbocycles. The molecule has 1 atom stereocenters. The minimum absolute atomic E-state index is 0.0449. The molecule has 0 heterocycles. The van der Waals surface area contributed by atoms with Crippen LogP contribution in [0.1, 0.15) is 31.4 Å². The van der Waals surface area contributed by atoms with E-state index in [2.05, 4.69) is 0 Å². The average Bonchev–Trinajstić information content (AvgIpc) is 2.36. The van der Waals surface area contributed by atoms with E-state index in [-0.39, 0.29) is 11.0 Å². The highest BCUT2D eigenvalue weighted by molar-refractivity contribution is 7.91. The van der Waals surface area contributed by atoms with E-state index >= 15 is 0 Å². The Morgan fingerprint density at radius 1 is 1.39 bits per heavy atom. The lowest BCUT2D eigenvalue weighted by molar-refractivity contribution is 0.409. The Balaban J connectivity index is 2.99. The highest BCUT2D eigenvalue weighted by atomic mass is 32.2. The van der Waals surface area contributed by atoms with Gasteiger partial charge in [-0.25, -0.2) is 8.42 Å². The number of rotatable bonds is 6. The summed E-state index contributed by atoms with van der Waals surface area (Å²) in [5.74, 6) is 0.692. The SMILES string of the molecule is CCC(C)S(=O)(=O)Cc1ccc(CN)c(OC)c1. The molecule has 0 aliphatic carbocycles. The molecule has 1 unspecified atom stereocenters. The Bertz CT molecular complexity index is 497. The zero-order chi connectivity index (χ0) is 13.8. The molecule has 0 bridgehead atoms. The third-order valence-electron chi connectivity index (χ3n) is 3.13. The van der Waals surface area contributed by atoms with Gasteiger partial charge in [0.1, 0.15) is 5.75 Å². The number of hydrogen-bond donors (Lipinski definition) is 1. The van der Waals surface area contributed by atoms with Crippen LogP contribution in [-0.2, 0) is 22.1 Å². The fourth-order valence-electron chi connectivity index (χ4n) is 1.68. The normalized spacial score (nSPS) is 13.3. The van der Waals surface area contributed by atoms with Gasteiger partial charge in [-0.2, -0.15) is 0 Å². The molecule has 0 saturated carbocycles. The first-order valence-electron chi connectivity index (χ1n) is 6.02. The summed E-state index contributed by atoms with van der Waals surface area (Å²) in [6.07, 6.45) is 0.625. The molecule has 0 aliphatic heterocycles. The molecule has 4 nitrogen and oxygen atoms in total. The quantitative estimate of drug-likeness (QED) is 0.857. The Morgan fingerprint density at radius 2 is 2.06 bits per heavy atom. The van der Waals surface area contributed by atoms with Crippen molar-refractivity contribution < 1.29 is 13.2 Å². The lowest BCUT2D eigenvalue weighted by Crippen LogP contribution is -2.18. The summed E-state index contributed by atoms with van der Waals surface area (Å²) < 4.78 is 29.2. The Labute approximate surface area is 109 Å². The van der Waals surface area contributed by atoms with Gasteiger partial charge in [0.05, 0.1) is 18.1 Å². The van der Waals surface area contributed by atoms with Crippen LogP contribution in [0.3, 0.4) is 0 Å². The van der Waals surface area contributed by atoms with Gasteiger partial charge in [-0.1, -0.05) is 19.1 Å². The molecule has 2 N–H and O–H groups in total. The van der Waals surface area contributed by atoms with Crippen LogP contribution >= 0.6 is 0 Å². The monoisotopic (exact) mass is 271 g/mol. The van der Waals surface area contributed by atoms with Crippen molar-refractivity contribution in [2.75, 3.05) is 7.11 Å². The molecular weight excluding hydrogens is 250 g/mol. The van der Waals surface area contributed by atoms with Crippen LogP contribution in [0.4, 0.5) is 0 Å². The highest BCUT2D eigenvalue weighted by Crippen LogP contribution is 2.22. The maximum atomic E-state index is 12.0. The highest BCUT2D eigenvalue weighted by Gasteiger charge is 2.20. The topological polar surface area (TPSA) is 69.4 Å². The summed E-state index contributed by atoms with van der Waals surface area (Å²) in [6.45, 7) is 3.99. The summed E-state index contributed by atoms with van der Waals surface area (Å²) in [4.78, 5) is 0. The van der Waals surface area contributed by atoms with Gasteiger partial charge < -0.3 is 10.5 Å². The standard InChI is InChI=1S/C13H21NO3S/c1-4-10(2)18(15,16)9-11-5-6-12(8-14)13(7-11)17-3/h5-7,10H,4,8-9,14H2,1-3H3. The van der Waals surface area contributed by atoms with Gasteiger partial charge in [-0.3, -0.25) is 0 Å². The van der Waals surface area contributed by atoms with Gasteiger partial charge in [0.2, 0.25) is 0 Å². The number of benzene rings is 1. The van der Waals surface area contributed by atoms with E-state index in [1.807, 2.05) is 13.0 Å². The minimum Gasteiger partial charge on any atom is -0.496 e.